The maximum atomic E-state index is 12.8. The van der Waals surface area contributed by atoms with Crippen molar-refractivity contribution in [1.82, 2.24) is 14.5 Å². The monoisotopic (exact) mass is 470 g/mol. The summed E-state index contributed by atoms with van der Waals surface area (Å²) in [5, 5.41) is 5.53. The zero-order chi connectivity index (χ0) is 23.6. The molecule has 2 amide bonds. The highest BCUT2D eigenvalue weighted by atomic mass is 32.2. The van der Waals surface area contributed by atoms with Crippen LogP contribution in [0, 0.1) is 0 Å². The average Bonchev–Trinajstić information content (AvgIpc) is 3.23. The predicted molar refractivity (Wildman–Crippen MR) is 126 cm³/mol. The van der Waals surface area contributed by atoms with Crippen LogP contribution >= 0.6 is 0 Å². The number of nitrogens with one attached hydrogen (secondary N) is 2. The summed E-state index contributed by atoms with van der Waals surface area (Å²) in [5.41, 5.74) is 3.60. The van der Waals surface area contributed by atoms with Crippen molar-refractivity contribution in [1.29, 1.82) is 0 Å². The molecule has 2 aliphatic rings. The summed E-state index contributed by atoms with van der Waals surface area (Å²) in [5.74, 6) is -0.622. The fourth-order valence-electron chi connectivity index (χ4n) is 4.36. The van der Waals surface area contributed by atoms with Crippen molar-refractivity contribution < 1.29 is 18.0 Å². The van der Waals surface area contributed by atoms with E-state index in [9.17, 15) is 18.0 Å². The highest BCUT2D eigenvalue weighted by molar-refractivity contribution is 7.89. The van der Waals surface area contributed by atoms with Gasteiger partial charge in [0.1, 0.15) is 0 Å². The van der Waals surface area contributed by atoms with Crippen LogP contribution in [0.2, 0.25) is 0 Å². The van der Waals surface area contributed by atoms with E-state index in [-0.39, 0.29) is 36.3 Å². The van der Waals surface area contributed by atoms with Gasteiger partial charge in [-0.3, -0.25) is 14.5 Å². The molecule has 2 aromatic rings. The standard InChI is InChI=1S/C24H30N4O4S/c1-3-4-17(2)27-14-19-5-8-21(13-20(19)15-27)26-24(30)18-6-9-22(10-7-18)33(31,32)28-12-11-25-23(29)16-28/h5-10,13,17H,3-4,11-12,14-16H2,1-2H3,(H,25,29)(H,26,30)/t17-/m0/s1. The minimum atomic E-state index is -3.78. The maximum Gasteiger partial charge on any atom is 0.255 e. The Kier molecular flexibility index (Phi) is 6.83. The third kappa shape index (κ3) is 5.10. The summed E-state index contributed by atoms with van der Waals surface area (Å²) in [4.78, 5) is 26.8. The largest absolute Gasteiger partial charge is 0.354 e. The zero-order valence-electron chi connectivity index (χ0n) is 19.0. The molecule has 0 unspecified atom stereocenters. The van der Waals surface area contributed by atoms with E-state index in [1.54, 1.807) is 0 Å². The molecule has 2 aliphatic heterocycles. The van der Waals surface area contributed by atoms with Crippen molar-refractivity contribution in [2.75, 3.05) is 25.0 Å². The van der Waals surface area contributed by atoms with Crippen molar-refractivity contribution in [2.45, 2.75) is 50.7 Å². The molecule has 0 radical (unpaired) electrons. The van der Waals surface area contributed by atoms with Crippen molar-refractivity contribution in [2.24, 2.45) is 0 Å². The van der Waals surface area contributed by atoms with E-state index in [2.05, 4.69) is 35.4 Å². The van der Waals surface area contributed by atoms with Gasteiger partial charge in [-0.1, -0.05) is 19.4 Å². The van der Waals surface area contributed by atoms with Crippen LogP contribution in [0.15, 0.2) is 47.4 Å². The lowest BCUT2D eigenvalue weighted by Gasteiger charge is -2.25. The Morgan fingerprint density at radius 3 is 2.52 bits per heavy atom. The normalized spacial score (nSPS) is 17.9. The maximum absolute atomic E-state index is 12.8. The van der Waals surface area contributed by atoms with E-state index in [1.165, 1.54) is 35.4 Å². The third-order valence-corrected chi connectivity index (χ3v) is 8.16. The first-order chi connectivity index (χ1) is 15.8. The second-order valence-corrected chi connectivity index (χ2v) is 10.6. The van der Waals surface area contributed by atoms with Gasteiger partial charge in [0.2, 0.25) is 15.9 Å². The van der Waals surface area contributed by atoms with Gasteiger partial charge < -0.3 is 10.6 Å². The molecule has 1 saturated heterocycles. The van der Waals surface area contributed by atoms with Crippen LogP contribution in [0.4, 0.5) is 5.69 Å². The number of sulfonamides is 1. The van der Waals surface area contributed by atoms with Crippen LogP contribution in [-0.2, 0) is 27.9 Å². The lowest BCUT2D eigenvalue weighted by atomic mass is 10.1. The molecule has 0 spiro atoms. The molecule has 0 aliphatic carbocycles. The Labute approximate surface area is 195 Å². The molecular formula is C24H30N4O4S. The second kappa shape index (κ2) is 9.62. The lowest BCUT2D eigenvalue weighted by molar-refractivity contribution is -0.122. The van der Waals surface area contributed by atoms with Crippen LogP contribution in [0.3, 0.4) is 0 Å². The highest BCUT2D eigenvalue weighted by Gasteiger charge is 2.29. The first-order valence-corrected chi connectivity index (χ1v) is 12.8. The summed E-state index contributed by atoms with van der Waals surface area (Å²) in [6.07, 6.45) is 2.32. The minimum Gasteiger partial charge on any atom is -0.354 e. The number of hydrogen-bond donors (Lipinski definition) is 2. The summed E-state index contributed by atoms with van der Waals surface area (Å²) < 4.78 is 26.7. The van der Waals surface area contributed by atoms with Gasteiger partial charge in [-0.25, -0.2) is 8.42 Å². The molecule has 8 nitrogen and oxygen atoms in total. The Morgan fingerprint density at radius 2 is 1.82 bits per heavy atom. The Balaban J connectivity index is 1.42. The first kappa shape index (κ1) is 23.4. The summed E-state index contributed by atoms with van der Waals surface area (Å²) in [6.45, 7) is 6.57. The second-order valence-electron chi connectivity index (χ2n) is 8.69. The number of carbonyl (C=O) groups excluding carboxylic acids is 2. The first-order valence-electron chi connectivity index (χ1n) is 11.3. The van der Waals surface area contributed by atoms with Gasteiger partial charge in [0.25, 0.3) is 5.91 Å². The van der Waals surface area contributed by atoms with Gasteiger partial charge in [-0.15, -0.1) is 0 Å². The van der Waals surface area contributed by atoms with Crippen LogP contribution in [0.1, 0.15) is 48.2 Å². The zero-order valence-corrected chi connectivity index (χ0v) is 19.8. The van der Waals surface area contributed by atoms with Crippen LogP contribution in [-0.4, -0.2) is 55.1 Å². The fourth-order valence-corrected chi connectivity index (χ4v) is 5.76. The molecule has 2 aromatic carbocycles. The topological polar surface area (TPSA) is 98.8 Å². The van der Waals surface area contributed by atoms with E-state index in [0.29, 0.717) is 11.6 Å². The quantitative estimate of drug-likeness (QED) is 0.648. The number of amides is 2. The molecule has 9 heteroatoms. The predicted octanol–water partition coefficient (Wildman–Crippen LogP) is 2.56. The molecule has 176 valence electrons. The van der Waals surface area contributed by atoms with E-state index in [4.69, 9.17) is 0 Å². The highest BCUT2D eigenvalue weighted by Crippen LogP contribution is 2.28. The minimum absolute atomic E-state index is 0.0626. The van der Waals surface area contributed by atoms with Gasteiger partial charge in [0.05, 0.1) is 11.4 Å². The fraction of sp³-hybridized carbons (Fsp3) is 0.417. The molecule has 0 aromatic heterocycles. The average molecular weight is 471 g/mol. The molecule has 1 fully saturated rings. The molecule has 2 heterocycles. The Morgan fingerprint density at radius 1 is 1.09 bits per heavy atom. The van der Waals surface area contributed by atoms with Gasteiger partial charge >= 0.3 is 0 Å². The number of benzene rings is 2. The summed E-state index contributed by atoms with van der Waals surface area (Å²) in [7, 11) is -3.78. The van der Waals surface area contributed by atoms with Crippen molar-refractivity contribution in [3.05, 3.63) is 59.2 Å². The van der Waals surface area contributed by atoms with Crippen LogP contribution in [0.25, 0.3) is 0 Å². The smallest absolute Gasteiger partial charge is 0.255 e. The molecule has 33 heavy (non-hydrogen) atoms. The Bertz CT molecular complexity index is 1150. The van der Waals surface area contributed by atoms with E-state index < -0.39 is 10.0 Å². The van der Waals surface area contributed by atoms with Gasteiger partial charge in [-0.2, -0.15) is 4.31 Å². The van der Waals surface area contributed by atoms with Crippen molar-refractivity contribution >= 4 is 27.5 Å². The molecule has 1 atom stereocenters. The van der Waals surface area contributed by atoms with E-state index >= 15 is 0 Å². The van der Waals surface area contributed by atoms with Crippen LogP contribution < -0.4 is 10.6 Å². The van der Waals surface area contributed by atoms with Crippen molar-refractivity contribution in [3.8, 4) is 0 Å². The van der Waals surface area contributed by atoms with Crippen LogP contribution in [0.5, 0.6) is 0 Å². The number of nitrogens with zero attached hydrogens (tertiary/aromatic N) is 2. The van der Waals surface area contributed by atoms with E-state index in [0.717, 1.165) is 35.9 Å². The van der Waals surface area contributed by atoms with Crippen molar-refractivity contribution in [3.63, 3.8) is 0 Å². The SMILES string of the molecule is CCC[C@H](C)N1Cc2ccc(NC(=O)c3ccc(S(=O)(=O)N4CCNC(=O)C4)cc3)cc2C1. The number of fused-ring (bicyclic) bond motifs is 1. The third-order valence-electron chi connectivity index (χ3n) is 6.30. The number of rotatable bonds is 7. The summed E-state index contributed by atoms with van der Waals surface area (Å²) in [6, 6.07) is 12.3. The van der Waals surface area contributed by atoms with Gasteiger partial charge in [-0.05, 0) is 60.9 Å². The van der Waals surface area contributed by atoms with E-state index in [1.807, 2.05) is 12.1 Å². The molecule has 0 bridgehead atoms. The molecule has 0 saturated carbocycles. The molecular weight excluding hydrogens is 440 g/mol. The Hall–Kier alpha value is -2.75. The summed E-state index contributed by atoms with van der Waals surface area (Å²) >= 11 is 0. The number of piperazine rings is 1. The van der Waals surface area contributed by atoms with Gasteiger partial charge in [0, 0.05) is 43.5 Å². The van der Waals surface area contributed by atoms with Gasteiger partial charge in [0.15, 0.2) is 0 Å². The molecule has 4 rings (SSSR count). The lowest BCUT2D eigenvalue weighted by Crippen LogP contribution is -2.49. The number of carbonyl (C=O) groups is 2. The molecule has 2 N–H and O–H groups in total. The number of anilines is 1. The number of hydrogen-bond acceptors (Lipinski definition) is 5.